The van der Waals surface area contributed by atoms with Gasteiger partial charge in [0.2, 0.25) is 5.91 Å². The molecule has 124 valence electrons. The van der Waals surface area contributed by atoms with E-state index in [0.29, 0.717) is 12.2 Å². The summed E-state index contributed by atoms with van der Waals surface area (Å²) in [5, 5.41) is 3.23. The van der Waals surface area contributed by atoms with Crippen LogP contribution in [0.3, 0.4) is 0 Å². The average molecular weight is 320 g/mol. The van der Waals surface area contributed by atoms with Crippen LogP contribution in [0, 0.1) is 0 Å². The van der Waals surface area contributed by atoms with Crippen LogP contribution in [0.4, 0.5) is 0 Å². The van der Waals surface area contributed by atoms with E-state index in [9.17, 15) is 14.4 Å². The normalized spacial score (nSPS) is 18.6. The molecule has 1 atom stereocenters. The molecule has 1 fully saturated rings. The molecule has 0 radical (unpaired) electrons. The van der Waals surface area contributed by atoms with Crippen LogP contribution < -0.4 is 16.6 Å². The molecule has 2 aromatic rings. The van der Waals surface area contributed by atoms with Gasteiger partial charge in [-0.1, -0.05) is 0 Å². The first-order chi connectivity index (χ1) is 10.9. The molecule has 0 aromatic carbocycles. The molecule has 0 bridgehead atoms. The number of piperazine rings is 1. The van der Waals surface area contributed by atoms with Crippen LogP contribution >= 0.6 is 0 Å². The van der Waals surface area contributed by atoms with E-state index in [1.807, 2.05) is 6.92 Å². The molecule has 0 spiro atoms. The zero-order valence-electron chi connectivity index (χ0n) is 13.4. The summed E-state index contributed by atoms with van der Waals surface area (Å²) in [5.74, 6) is -0.0609. The van der Waals surface area contributed by atoms with Gasteiger partial charge >= 0.3 is 5.69 Å². The number of aryl methyl sites for hydroxylation is 1. The maximum atomic E-state index is 12.5. The molecule has 1 saturated heterocycles. The van der Waals surface area contributed by atoms with Crippen LogP contribution in [0.2, 0.25) is 0 Å². The lowest BCUT2D eigenvalue weighted by Gasteiger charge is -2.34. The van der Waals surface area contributed by atoms with Crippen molar-refractivity contribution in [3.8, 4) is 0 Å². The molecule has 1 unspecified atom stereocenters. The fraction of sp³-hybridized carbons (Fsp3) is 0.571. The second kappa shape index (κ2) is 5.65. The van der Waals surface area contributed by atoms with E-state index in [2.05, 4.69) is 10.3 Å². The van der Waals surface area contributed by atoms with E-state index in [0.717, 1.165) is 17.7 Å². The molecule has 23 heavy (non-hydrogen) atoms. The third-order valence-corrected chi connectivity index (χ3v) is 4.34. The first-order valence-electron chi connectivity index (χ1n) is 7.53. The van der Waals surface area contributed by atoms with Crippen molar-refractivity contribution in [1.82, 2.24) is 28.9 Å². The quantitative estimate of drug-likeness (QED) is 0.708. The van der Waals surface area contributed by atoms with Gasteiger partial charge in [-0.15, -0.1) is 0 Å². The Labute approximate surface area is 132 Å². The summed E-state index contributed by atoms with van der Waals surface area (Å²) >= 11 is 0. The van der Waals surface area contributed by atoms with Gasteiger partial charge in [0.05, 0.1) is 6.33 Å². The van der Waals surface area contributed by atoms with Gasteiger partial charge in [0.25, 0.3) is 5.56 Å². The number of aromatic nitrogens is 4. The molecule has 1 aliphatic rings. The Hall–Kier alpha value is -2.42. The first kappa shape index (κ1) is 15.5. The zero-order chi connectivity index (χ0) is 16.7. The van der Waals surface area contributed by atoms with E-state index in [4.69, 9.17) is 0 Å². The predicted octanol–water partition coefficient (Wildman–Crippen LogP) is -1.75. The largest absolute Gasteiger partial charge is 0.336 e. The topological polar surface area (TPSA) is 94.2 Å². The van der Waals surface area contributed by atoms with Crippen LogP contribution in [-0.4, -0.2) is 55.2 Å². The van der Waals surface area contributed by atoms with Crippen molar-refractivity contribution in [3.63, 3.8) is 0 Å². The highest BCUT2D eigenvalue weighted by Crippen LogP contribution is 2.09. The lowest BCUT2D eigenvalue weighted by molar-refractivity contribution is -0.134. The number of hydrogen-bond acceptors (Lipinski definition) is 5. The molecular weight excluding hydrogens is 300 g/mol. The van der Waals surface area contributed by atoms with Gasteiger partial charge in [0, 0.05) is 39.8 Å². The zero-order valence-corrected chi connectivity index (χ0v) is 13.4. The molecule has 0 aliphatic carbocycles. The predicted molar refractivity (Wildman–Crippen MR) is 84.3 cm³/mol. The highest BCUT2D eigenvalue weighted by molar-refractivity contribution is 5.79. The molecule has 1 amide bonds. The van der Waals surface area contributed by atoms with Gasteiger partial charge in [0.1, 0.15) is 6.54 Å². The van der Waals surface area contributed by atoms with Crippen LogP contribution in [0.1, 0.15) is 6.92 Å². The molecule has 9 heteroatoms. The molecule has 2 aromatic heterocycles. The minimum Gasteiger partial charge on any atom is -0.336 e. The summed E-state index contributed by atoms with van der Waals surface area (Å²) in [6.07, 6.45) is 1.44. The van der Waals surface area contributed by atoms with E-state index in [1.54, 1.807) is 11.9 Å². The van der Waals surface area contributed by atoms with Gasteiger partial charge in [0.15, 0.2) is 11.2 Å². The maximum Gasteiger partial charge on any atom is 0.332 e. The van der Waals surface area contributed by atoms with Crippen LogP contribution in [-0.2, 0) is 25.4 Å². The van der Waals surface area contributed by atoms with Gasteiger partial charge in [-0.3, -0.25) is 18.7 Å². The van der Waals surface area contributed by atoms with Crippen molar-refractivity contribution in [2.24, 2.45) is 14.1 Å². The number of hydrogen-bond donors (Lipinski definition) is 1. The molecule has 9 nitrogen and oxygen atoms in total. The minimum atomic E-state index is -0.443. The molecule has 1 N–H and O–H groups in total. The molecule has 0 saturated carbocycles. The Kier molecular flexibility index (Phi) is 3.80. The highest BCUT2D eigenvalue weighted by atomic mass is 16.2. The fourth-order valence-electron chi connectivity index (χ4n) is 2.96. The van der Waals surface area contributed by atoms with Crippen LogP contribution in [0.15, 0.2) is 15.9 Å². The van der Waals surface area contributed by atoms with Crippen LogP contribution in [0.25, 0.3) is 11.2 Å². The van der Waals surface area contributed by atoms with Gasteiger partial charge in [-0.25, -0.2) is 9.78 Å². The Morgan fingerprint density at radius 2 is 2.09 bits per heavy atom. The number of fused-ring (bicyclic) bond motifs is 1. The summed E-state index contributed by atoms with van der Waals surface area (Å²) in [7, 11) is 2.98. The summed E-state index contributed by atoms with van der Waals surface area (Å²) in [6, 6.07) is 0.109. The Balaban J connectivity index is 2.00. The van der Waals surface area contributed by atoms with Crippen molar-refractivity contribution in [3.05, 3.63) is 27.2 Å². The van der Waals surface area contributed by atoms with Crippen LogP contribution in [0.5, 0.6) is 0 Å². The third-order valence-electron chi connectivity index (χ3n) is 4.34. The number of carbonyl (C=O) groups excluding carboxylic acids is 1. The minimum absolute atomic E-state index is 0.0360. The monoisotopic (exact) mass is 320 g/mol. The summed E-state index contributed by atoms with van der Waals surface area (Å²) in [5.41, 5.74) is -0.318. The van der Waals surface area contributed by atoms with Gasteiger partial charge in [-0.05, 0) is 6.92 Å². The smallest absolute Gasteiger partial charge is 0.332 e. The van der Waals surface area contributed by atoms with Crippen molar-refractivity contribution >= 4 is 17.1 Å². The Bertz CT molecular complexity index is 877. The molecule has 1 aliphatic heterocycles. The number of nitrogens with zero attached hydrogens (tertiary/aromatic N) is 5. The lowest BCUT2D eigenvalue weighted by atomic mass is 10.2. The highest BCUT2D eigenvalue weighted by Gasteiger charge is 2.24. The standard InChI is InChI=1S/C14H20N6O3/c1-9-6-15-4-5-20(9)10(21)7-19-8-16-12-11(19)13(22)18(3)14(23)17(12)2/h8-9,15H,4-7H2,1-3H3. The number of carbonyl (C=O) groups is 1. The summed E-state index contributed by atoms with van der Waals surface area (Å²) in [4.78, 5) is 42.7. The second-order valence-corrected chi connectivity index (χ2v) is 5.89. The Morgan fingerprint density at radius 3 is 2.78 bits per heavy atom. The van der Waals surface area contributed by atoms with Crippen molar-refractivity contribution < 1.29 is 4.79 Å². The average Bonchev–Trinajstić information content (AvgIpc) is 2.95. The molecular formula is C14H20N6O3. The number of nitrogens with one attached hydrogen (secondary N) is 1. The van der Waals surface area contributed by atoms with E-state index >= 15 is 0 Å². The lowest BCUT2D eigenvalue weighted by Crippen LogP contribution is -2.53. The van der Waals surface area contributed by atoms with E-state index < -0.39 is 11.2 Å². The summed E-state index contributed by atoms with van der Waals surface area (Å²) < 4.78 is 3.86. The van der Waals surface area contributed by atoms with Gasteiger partial charge in [-0.2, -0.15) is 0 Å². The van der Waals surface area contributed by atoms with E-state index in [1.165, 1.54) is 22.5 Å². The number of rotatable bonds is 2. The number of amides is 1. The van der Waals surface area contributed by atoms with E-state index in [-0.39, 0.29) is 24.0 Å². The van der Waals surface area contributed by atoms with Gasteiger partial charge < -0.3 is 14.8 Å². The molecule has 3 heterocycles. The first-order valence-corrected chi connectivity index (χ1v) is 7.53. The van der Waals surface area contributed by atoms with Crippen molar-refractivity contribution in [2.45, 2.75) is 19.5 Å². The third kappa shape index (κ3) is 2.46. The second-order valence-electron chi connectivity index (χ2n) is 5.89. The maximum absolute atomic E-state index is 12.5. The Morgan fingerprint density at radius 1 is 1.35 bits per heavy atom. The van der Waals surface area contributed by atoms with Crippen molar-refractivity contribution in [2.75, 3.05) is 19.6 Å². The van der Waals surface area contributed by atoms with Crippen molar-refractivity contribution in [1.29, 1.82) is 0 Å². The summed E-state index contributed by atoms with van der Waals surface area (Å²) in [6.45, 7) is 4.18. The number of imidazole rings is 1. The molecule has 3 rings (SSSR count). The fourth-order valence-corrected chi connectivity index (χ4v) is 2.96. The SMILES string of the molecule is CC1CNCCN1C(=O)Cn1cnc2c1c(=O)n(C)c(=O)n2C.